The van der Waals surface area contributed by atoms with Crippen LogP contribution in [0, 0.1) is 0 Å². The minimum absolute atomic E-state index is 0.0216. The maximum Gasteiger partial charge on any atom is 0.244 e. The Bertz CT molecular complexity index is 1060. The van der Waals surface area contributed by atoms with Gasteiger partial charge in [-0.1, -0.05) is 23.2 Å². The summed E-state index contributed by atoms with van der Waals surface area (Å²) in [6.45, 7) is 1.58. The molecule has 136 valence electrons. The van der Waals surface area contributed by atoms with Gasteiger partial charge in [-0.05, 0) is 40.8 Å². The van der Waals surface area contributed by atoms with Crippen LogP contribution in [0.4, 0.5) is 5.82 Å². The van der Waals surface area contributed by atoms with Crippen LogP contribution in [0.25, 0.3) is 5.65 Å². The van der Waals surface area contributed by atoms with Gasteiger partial charge in [0, 0.05) is 31.2 Å². The van der Waals surface area contributed by atoms with Crippen LogP contribution in [-0.4, -0.2) is 64.2 Å². The summed E-state index contributed by atoms with van der Waals surface area (Å²) in [4.78, 5) is 2.00. The third-order valence-electron chi connectivity index (χ3n) is 4.13. The number of aromatic nitrogens is 5. The second kappa shape index (κ2) is 6.62. The number of anilines is 1. The maximum atomic E-state index is 12.9. The van der Waals surface area contributed by atoms with E-state index in [1.807, 2.05) is 11.0 Å². The van der Waals surface area contributed by atoms with E-state index in [2.05, 4.69) is 20.6 Å². The third kappa shape index (κ3) is 3.09. The number of halogens is 2. The molecule has 26 heavy (non-hydrogen) atoms. The summed E-state index contributed by atoms with van der Waals surface area (Å²) < 4.78 is 28.5. The number of rotatable bonds is 3. The molecule has 1 aliphatic heterocycles. The van der Waals surface area contributed by atoms with Gasteiger partial charge in [0.2, 0.25) is 10.0 Å². The van der Waals surface area contributed by atoms with Crippen molar-refractivity contribution in [3.05, 3.63) is 40.4 Å². The van der Waals surface area contributed by atoms with E-state index in [0.717, 1.165) is 0 Å². The second-order valence-electron chi connectivity index (χ2n) is 5.68. The van der Waals surface area contributed by atoms with Gasteiger partial charge < -0.3 is 4.90 Å². The lowest BCUT2D eigenvalue weighted by molar-refractivity contribution is 0.383. The fourth-order valence-electron chi connectivity index (χ4n) is 2.78. The van der Waals surface area contributed by atoms with E-state index in [1.165, 1.54) is 21.1 Å². The zero-order valence-corrected chi connectivity index (χ0v) is 15.7. The molecule has 1 fully saturated rings. The van der Waals surface area contributed by atoms with Crippen molar-refractivity contribution in [3.8, 4) is 0 Å². The van der Waals surface area contributed by atoms with E-state index in [4.69, 9.17) is 23.2 Å². The molecule has 3 heterocycles. The fraction of sp³-hybridized carbons (Fsp3) is 0.286. The first kappa shape index (κ1) is 17.4. The molecule has 0 unspecified atom stereocenters. The van der Waals surface area contributed by atoms with E-state index in [0.29, 0.717) is 42.7 Å². The molecule has 1 saturated heterocycles. The molecule has 0 bridgehead atoms. The summed E-state index contributed by atoms with van der Waals surface area (Å²) in [6, 6.07) is 7.99. The van der Waals surface area contributed by atoms with Gasteiger partial charge in [0.15, 0.2) is 11.5 Å². The van der Waals surface area contributed by atoms with Crippen molar-refractivity contribution in [2.75, 3.05) is 31.1 Å². The maximum absolute atomic E-state index is 12.9. The molecule has 12 heteroatoms. The molecule has 4 rings (SSSR count). The number of hydrogen-bond acceptors (Lipinski definition) is 7. The molecule has 0 atom stereocenters. The molecular weight excluding hydrogens is 401 g/mol. The number of hydrogen-bond donors (Lipinski definition) is 0. The lowest BCUT2D eigenvalue weighted by Crippen LogP contribution is -2.49. The first-order valence-electron chi connectivity index (χ1n) is 7.71. The van der Waals surface area contributed by atoms with Crippen LogP contribution in [0.1, 0.15) is 0 Å². The van der Waals surface area contributed by atoms with E-state index in [1.54, 1.807) is 12.1 Å². The zero-order valence-electron chi connectivity index (χ0n) is 13.3. The monoisotopic (exact) mass is 413 g/mol. The Labute approximate surface area is 159 Å². The number of tetrazole rings is 1. The summed E-state index contributed by atoms with van der Waals surface area (Å²) in [6.07, 6.45) is 0. The molecule has 0 radical (unpaired) electrons. The highest BCUT2D eigenvalue weighted by Crippen LogP contribution is 2.28. The van der Waals surface area contributed by atoms with Crippen molar-refractivity contribution < 1.29 is 8.42 Å². The lowest BCUT2D eigenvalue weighted by atomic mass is 10.3. The molecule has 2 aromatic heterocycles. The molecule has 0 amide bonds. The van der Waals surface area contributed by atoms with Gasteiger partial charge in [0.1, 0.15) is 4.90 Å². The van der Waals surface area contributed by atoms with Gasteiger partial charge in [-0.15, -0.1) is 14.8 Å². The largest absolute Gasteiger partial charge is 0.352 e. The zero-order chi connectivity index (χ0) is 18.3. The predicted octanol–water partition coefficient (Wildman–Crippen LogP) is 1.34. The van der Waals surface area contributed by atoms with Crippen LogP contribution < -0.4 is 4.90 Å². The van der Waals surface area contributed by atoms with Crippen LogP contribution in [-0.2, 0) is 10.0 Å². The first-order chi connectivity index (χ1) is 12.4. The molecule has 9 nitrogen and oxygen atoms in total. The molecule has 0 saturated carbocycles. The van der Waals surface area contributed by atoms with Crippen LogP contribution in [0.5, 0.6) is 0 Å². The van der Waals surface area contributed by atoms with Gasteiger partial charge in [0.05, 0.1) is 5.02 Å². The van der Waals surface area contributed by atoms with E-state index < -0.39 is 10.0 Å². The number of sulfonamides is 1. The standard InChI is InChI=1S/C14H13Cl2N7O2S/c15-10-1-2-11(16)12(9-10)26(24,25)22-7-5-21(6-8-22)14-4-3-13-17-19-20-23(13)18-14/h1-4,9H,5-8H2. The summed E-state index contributed by atoms with van der Waals surface area (Å²) in [5.41, 5.74) is 0.547. The molecule has 0 aliphatic carbocycles. The van der Waals surface area contributed by atoms with Crippen molar-refractivity contribution in [1.29, 1.82) is 0 Å². The van der Waals surface area contributed by atoms with Gasteiger partial charge >= 0.3 is 0 Å². The summed E-state index contributed by atoms with van der Waals surface area (Å²) >= 11 is 12.0. The normalized spacial score (nSPS) is 16.3. The molecular formula is C14H13Cl2N7O2S. The van der Waals surface area contributed by atoms with Crippen molar-refractivity contribution in [2.24, 2.45) is 0 Å². The van der Waals surface area contributed by atoms with Crippen LogP contribution in [0.15, 0.2) is 35.2 Å². The second-order valence-corrected chi connectivity index (χ2v) is 8.43. The number of fused-ring (bicyclic) bond motifs is 1. The highest BCUT2D eigenvalue weighted by atomic mass is 35.5. The average molecular weight is 414 g/mol. The van der Waals surface area contributed by atoms with Gasteiger partial charge in [-0.3, -0.25) is 0 Å². The van der Waals surface area contributed by atoms with E-state index >= 15 is 0 Å². The highest BCUT2D eigenvalue weighted by molar-refractivity contribution is 7.89. The topological polar surface area (TPSA) is 96.6 Å². The van der Waals surface area contributed by atoms with E-state index in [9.17, 15) is 8.42 Å². The van der Waals surface area contributed by atoms with Crippen molar-refractivity contribution in [1.82, 2.24) is 29.6 Å². The smallest absolute Gasteiger partial charge is 0.244 e. The quantitative estimate of drug-likeness (QED) is 0.638. The fourth-order valence-corrected chi connectivity index (χ4v) is 4.94. The number of piperazine rings is 1. The SMILES string of the molecule is O=S(=O)(c1cc(Cl)ccc1Cl)N1CCN(c2ccc3nnnn3n2)CC1. The van der Waals surface area contributed by atoms with Crippen molar-refractivity contribution in [3.63, 3.8) is 0 Å². The summed E-state index contributed by atoms with van der Waals surface area (Å²) in [5, 5.41) is 15.9. The number of benzene rings is 1. The van der Waals surface area contributed by atoms with Crippen LogP contribution in [0.3, 0.4) is 0 Å². The van der Waals surface area contributed by atoms with Gasteiger partial charge in [-0.2, -0.15) is 4.31 Å². The first-order valence-corrected chi connectivity index (χ1v) is 9.90. The molecule has 0 spiro atoms. The Morgan fingerprint density at radius 2 is 1.77 bits per heavy atom. The Hall–Kier alpha value is -2.01. The summed E-state index contributed by atoms with van der Waals surface area (Å²) in [7, 11) is -3.71. The number of nitrogens with zero attached hydrogens (tertiary/aromatic N) is 7. The predicted molar refractivity (Wildman–Crippen MR) is 96.0 cm³/mol. The van der Waals surface area contributed by atoms with Gasteiger partial charge in [-0.25, -0.2) is 8.42 Å². The highest BCUT2D eigenvalue weighted by Gasteiger charge is 2.30. The average Bonchev–Trinajstić information content (AvgIpc) is 3.11. The van der Waals surface area contributed by atoms with E-state index in [-0.39, 0.29) is 9.92 Å². The Balaban J connectivity index is 1.53. The Kier molecular flexibility index (Phi) is 4.43. The van der Waals surface area contributed by atoms with Gasteiger partial charge in [0.25, 0.3) is 0 Å². The Morgan fingerprint density at radius 3 is 2.54 bits per heavy atom. The molecule has 0 N–H and O–H groups in total. The van der Waals surface area contributed by atoms with Crippen molar-refractivity contribution >= 4 is 44.7 Å². The van der Waals surface area contributed by atoms with Crippen LogP contribution >= 0.6 is 23.2 Å². The lowest BCUT2D eigenvalue weighted by Gasteiger charge is -2.34. The molecule has 3 aromatic rings. The minimum atomic E-state index is -3.71. The summed E-state index contributed by atoms with van der Waals surface area (Å²) in [5.74, 6) is 0.683. The third-order valence-corrected chi connectivity index (χ3v) is 6.74. The minimum Gasteiger partial charge on any atom is -0.352 e. The molecule has 1 aliphatic rings. The van der Waals surface area contributed by atoms with Crippen LogP contribution in [0.2, 0.25) is 10.0 Å². The van der Waals surface area contributed by atoms with Crippen molar-refractivity contribution in [2.45, 2.75) is 4.90 Å². The Morgan fingerprint density at radius 1 is 1.00 bits per heavy atom. The molecule has 1 aromatic carbocycles.